The van der Waals surface area contributed by atoms with E-state index in [0.717, 1.165) is 10.1 Å². The van der Waals surface area contributed by atoms with Gasteiger partial charge in [0.05, 0.1) is 16.8 Å². The minimum atomic E-state index is -3.43. The highest BCUT2D eigenvalue weighted by molar-refractivity contribution is 5.82. The van der Waals surface area contributed by atoms with Crippen molar-refractivity contribution in [3.63, 3.8) is 0 Å². The van der Waals surface area contributed by atoms with Crippen LogP contribution < -0.4 is 0 Å². The first kappa shape index (κ1) is 16.4. The molecular weight excluding hydrogens is 362 g/mol. The SMILES string of the molecule is FC(F)(c1cccc2cccnc12)c1nnc2ccc(-c3ccncc3)nn12. The highest BCUT2D eigenvalue weighted by Crippen LogP contribution is 2.37. The van der Waals surface area contributed by atoms with Crippen LogP contribution in [0.15, 0.2) is 73.2 Å². The maximum Gasteiger partial charge on any atom is 0.335 e. The highest BCUT2D eigenvalue weighted by atomic mass is 19.3. The van der Waals surface area contributed by atoms with Crippen LogP contribution in [0.4, 0.5) is 8.78 Å². The molecule has 0 amide bonds. The molecule has 0 bridgehead atoms. The molecule has 0 aliphatic heterocycles. The van der Waals surface area contributed by atoms with Gasteiger partial charge < -0.3 is 0 Å². The zero-order valence-electron chi connectivity index (χ0n) is 14.4. The zero-order chi connectivity index (χ0) is 19.1. The van der Waals surface area contributed by atoms with Crippen molar-refractivity contribution in [2.24, 2.45) is 0 Å². The Morgan fingerprint density at radius 2 is 1.64 bits per heavy atom. The van der Waals surface area contributed by atoms with Crippen LogP contribution in [0.3, 0.4) is 0 Å². The number of alkyl halides is 2. The van der Waals surface area contributed by atoms with Crippen LogP contribution in [0.1, 0.15) is 11.4 Å². The van der Waals surface area contributed by atoms with Crippen molar-refractivity contribution >= 4 is 16.6 Å². The van der Waals surface area contributed by atoms with Gasteiger partial charge in [-0.3, -0.25) is 9.97 Å². The van der Waals surface area contributed by atoms with Crippen molar-refractivity contribution < 1.29 is 8.78 Å². The minimum Gasteiger partial charge on any atom is -0.265 e. The van der Waals surface area contributed by atoms with Crippen LogP contribution in [0.25, 0.3) is 27.8 Å². The Kier molecular flexibility index (Phi) is 3.58. The number of pyridine rings is 2. The predicted molar refractivity (Wildman–Crippen MR) is 98.8 cm³/mol. The van der Waals surface area contributed by atoms with Crippen LogP contribution in [-0.4, -0.2) is 29.8 Å². The second-order valence-corrected chi connectivity index (χ2v) is 6.20. The second kappa shape index (κ2) is 6.12. The van der Waals surface area contributed by atoms with Gasteiger partial charge in [-0.25, -0.2) is 0 Å². The average Bonchev–Trinajstić information content (AvgIpc) is 3.18. The van der Waals surface area contributed by atoms with Gasteiger partial charge in [0.2, 0.25) is 5.82 Å². The van der Waals surface area contributed by atoms with E-state index in [9.17, 15) is 0 Å². The lowest BCUT2D eigenvalue weighted by Gasteiger charge is -2.16. The van der Waals surface area contributed by atoms with E-state index in [-0.39, 0.29) is 16.7 Å². The fourth-order valence-corrected chi connectivity index (χ4v) is 3.14. The number of para-hydroxylation sites is 1. The maximum absolute atomic E-state index is 15.5. The standard InChI is InChI=1S/C20H12F2N6/c21-20(22,15-5-1-3-14-4-2-10-24-18(14)15)19-26-25-17-7-6-16(27-28(17)19)13-8-11-23-12-9-13/h1-12H. The van der Waals surface area contributed by atoms with E-state index >= 15 is 8.78 Å². The van der Waals surface area contributed by atoms with E-state index in [1.165, 1.54) is 12.3 Å². The smallest absolute Gasteiger partial charge is 0.265 e. The third-order valence-electron chi connectivity index (χ3n) is 4.49. The van der Waals surface area contributed by atoms with Crippen LogP contribution in [0, 0.1) is 0 Å². The number of benzene rings is 1. The number of nitrogens with zero attached hydrogens (tertiary/aromatic N) is 6. The summed E-state index contributed by atoms with van der Waals surface area (Å²) >= 11 is 0. The van der Waals surface area contributed by atoms with Crippen molar-refractivity contribution in [3.05, 3.63) is 84.6 Å². The molecular formula is C20H12F2N6. The Hall–Kier alpha value is -3.81. The molecule has 5 aromatic rings. The van der Waals surface area contributed by atoms with Gasteiger partial charge in [0, 0.05) is 29.5 Å². The van der Waals surface area contributed by atoms with E-state index in [1.54, 1.807) is 60.9 Å². The molecule has 0 spiro atoms. The predicted octanol–water partition coefficient (Wildman–Crippen LogP) is 3.87. The fourth-order valence-electron chi connectivity index (χ4n) is 3.14. The summed E-state index contributed by atoms with van der Waals surface area (Å²) in [4.78, 5) is 8.10. The van der Waals surface area contributed by atoms with E-state index in [4.69, 9.17) is 0 Å². The third-order valence-corrected chi connectivity index (χ3v) is 4.49. The Morgan fingerprint density at radius 3 is 2.50 bits per heavy atom. The molecule has 28 heavy (non-hydrogen) atoms. The van der Waals surface area contributed by atoms with Crippen molar-refractivity contribution in [2.45, 2.75) is 5.92 Å². The Morgan fingerprint density at radius 1 is 0.821 bits per heavy atom. The molecule has 0 saturated heterocycles. The van der Waals surface area contributed by atoms with Gasteiger partial charge in [0.1, 0.15) is 0 Å². The quantitative estimate of drug-likeness (QED) is 0.479. The first-order valence-corrected chi connectivity index (χ1v) is 8.50. The molecule has 0 aliphatic carbocycles. The molecule has 5 rings (SSSR count). The summed E-state index contributed by atoms with van der Waals surface area (Å²) in [5.74, 6) is -3.99. The number of aromatic nitrogens is 6. The summed E-state index contributed by atoms with van der Waals surface area (Å²) in [6, 6.07) is 14.9. The maximum atomic E-state index is 15.5. The molecule has 0 N–H and O–H groups in total. The molecule has 0 unspecified atom stereocenters. The summed E-state index contributed by atoms with van der Waals surface area (Å²) in [7, 11) is 0. The van der Waals surface area contributed by atoms with Gasteiger partial charge in [0.15, 0.2) is 5.65 Å². The van der Waals surface area contributed by atoms with Gasteiger partial charge in [-0.1, -0.05) is 24.3 Å². The zero-order valence-corrected chi connectivity index (χ0v) is 14.4. The summed E-state index contributed by atoms with van der Waals surface area (Å²) in [5.41, 5.74) is 1.49. The summed E-state index contributed by atoms with van der Waals surface area (Å²) in [6.07, 6.45) is 4.72. The topological polar surface area (TPSA) is 68.9 Å². The first-order valence-electron chi connectivity index (χ1n) is 8.50. The van der Waals surface area contributed by atoms with E-state index in [0.29, 0.717) is 11.1 Å². The van der Waals surface area contributed by atoms with Crippen molar-refractivity contribution in [3.8, 4) is 11.3 Å². The molecule has 8 heteroatoms. The normalized spacial score (nSPS) is 11.9. The number of fused-ring (bicyclic) bond motifs is 2. The van der Waals surface area contributed by atoms with Gasteiger partial charge in [-0.05, 0) is 30.3 Å². The molecule has 136 valence electrons. The van der Waals surface area contributed by atoms with E-state index < -0.39 is 11.7 Å². The first-order chi connectivity index (χ1) is 13.6. The lowest BCUT2D eigenvalue weighted by Crippen LogP contribution is -2.21. The van der Waals surface area contributed by atoms with E-state index in [2.05, 4.69) is 25.3 Å². The van der Waals surface area contributed by atoms with Crippen LogP contribution in [-0.2, 0) is 5.92 Å². The second-order valence-electron chi connectivity index (χ2n) is 6.20. The number of halogens is 2. The third kappa shape index (κ3) is 2.50. The van der Waals surface area contributed by atoms with Crippen molar-refractivity contribution in [1.29, 1.82) is 0 Å². The van der Waals surface area contributed by atoms with Crippen molar-refractivity contribution in [1.82, 2.24) is 29.8 Å². The Balaban J connectivity index is 1.71. The molecule has 4 aromatic heterocycles. The molecule has 0 atom stereocenters. The molecule has 1 aromatic carbocycles. The molecule has 6 nitrogen and oxygen atoms in total. The molecule has 4 heterocycles. The largest absolute Gasteiger partial charge is 0.335 e. The van der Waals surface area contributed by atoms with Crippen molar-refractivity contribution in [2.75, 3.05) is 0 Å². The lowest BCUT2D eigenvalue weighted by molar-refractivity contribution is 0.0320. The summed E-state index contributed by atoms with van der Waals surface area (Å²) in [5, 5.41) is 12.6. The molecule has 0 radical (unpaired) electrons. The van der Waals surface area contributed by atoms with Crippen LogP contribution in [0.5, 0.6) is 0 Å². The lowest BCUT2D eigenvalue weighted by atomic mass is 10.0. The van der Waals surface area contributed by atoms with Crippen LogP contribution in [0.2, 0.25) is 0 Å². The number of hydrogen-bond acceptors (Lipinski definition) is 5. The average molecular weight is 374 g/mol. The van der Waals surface area contributed by atoms with Gasteiger partial charge in [0.25, 0.3) is 0 Å². The molecule has 0 fully saturated rings. The summed E-state index contributed by atoms with van der Waals surface area (Å²) < 4.78 is 32.1. The van der Waals surface area contributed by atoms with Gasteiger partial charge >= 0.3 is 5.92 Å². The number of hydrogen-bond donors (Lipinski definition) is 0. The van der Waals surface area contributed by atoms with Crippen LogP contribution >= 0.6 is 0 Å². The van der Waals surface area contributed by atoms with Gasteiger partial charge in [-0.15, -0.1) is 10.2 Å². The summed E-state index contributed by atoms with van der Waals surface area (Å²) in [6.45, 7) is 0. The highest BCUT2D eigenvalue weighted by Gasteiger charge is 2.41. The minimum absolute atomic E-state index is 0.219. The molecule has 0 saturated carbocycles. The Labute approximate surface area is 157 Å². The van der Waals surface area contributed by atoms with Gasteiger partial charge in [-0.2, -0.15) is 18.4 Å². The fraction of sp³-hybridized carbons (Fsp3) is 0.0500. The Bertz CT molecular complexity index is 1290. The molecule has 0 aliphatic rings. The monoisotopic (exact) mass is 374 g/mol. The number of rotatable bonds is 3. The van der Waals surface area contributed by atoms with E-state index in [1.807, 2.05) is 0 Å².